The summed E-state index contributed by atoms with van der Waals surface area (Å²) in [5.41, 5.74) is 2.52. The molecule has 16 heavy (non-hydrogen) atoms. The van der Waals surface area contributed by atoms with Gasteiger partial charge in [-0.2, -0.15) is 0 Å². The summed E-state index contributed by atoms with van der Waals surface area (Å²) in [6, 6.07) is 6.46. The molecule has 1 aliphatic carbocycles. The van der Waals surface area contributed by atoms with E-state index in [9.17, 15) is 4.79 Å². The fourth-order valence-corrected chi connectivity index (χ4v) is 3.00. The standard InChI is InChI=1S/C14H17BrO/c1-14(2,9-16)13-5-3-4-10-6-7-11(15)8-12(10)13/h6-9,13H,3-5H2,1-2H3. The van der Waals surface area contributed by atoms with Crippen LogP contribution in [-0.2, 0) is 11.2 Å². The Morgan fingerprint density at radius 2 is 2.19 bits per heavy atom. The van der Waals surface area contributed by atoms with Crippen LogP contribution in [0.5, 0.6) is 0 Å². The predicted octanol–water partition coefficient (Wildman–Crippen LogP) is 4.09. The summed E-state index contributed by atoms with van der Waals surface area (Å²) in [5, 5.41) is 0. The normalized spacial score (nSPS) is 20.3. The first-order chi connectivity index (χ1) is 7.54. The number of carbonyl (C=O) groups excluding carboxylic acids is 1. The molecule has 2 rings (SSSR count). The average molecular weight is 281 g/mol. The molecule has 0 amide bonds. The lowest BCUT2D eigenvalue weighted by Gasteiger charge is -2.34. The fraction of sp³-hybridized carbons (Fsp3) is 0.500. The van der Waals surface area contributed by atoms with Gasteiger partial charge in [-0.3, -0.25) is 0 Å². The van der Waals surface area contributed by atoms with Gasteiger partial charge in [-0.1, -0.05) is 35.8 Å². The summed E-state index contributed by atoms with van der Waals surface area (Å²) in [5.74, 6) is 0.367. The highest BCUT2D eigenvalue weighted by Gasteiger charge is 2.33. The molecule has 0 spiro atoms. The minimum Gasteiger partial charge on any atom is -0.303 e. The number of carbonyl (C=O) groups is 1. The van der Waals surface area contributed by atoms with E-state index < -0.39 is 0 Å². The molecule has 0 bridgehead atoms. The Bertz CT molecular complexity index is 409. The monoisotopic (exact) mass is 280 g/mol. The van der Waals surface area contributed by atoms with Gasteiger partial charge in [-0.15, -0.1) is 0 Å². The van der Waals surface area contributed by atoms with Crippen LogP contribution < -0.4 is 0 Å². The van der Waals surface area contributed by atoms with Crippen LogP contribution in [0.25, 0.3) is 0 Å². The van der Waals surface area contributed by atoms with Crippen LogP contribution in [-0.4, -0.2) is 6.29 Å². The van der Waals surface area contributed by atoms with Gasteiger partial charge in [-0.25, -0.2) is 0 Å². The minimum absolute atomic E-state index is 0.254. The van der Waals surface area contributed by atoms with E-state index in [1.807, 2.05) is 13.8 Å². The SMILES string of the molecule is CC(C)(C=O)C1CCCc2ccc(Br)cc21. The molecule has 1 unspecified atom stereocenters. The summed E-state index contributed by atoms with van der Waals surface area (Å²) >= 11 is 3.52. The fourth-order valence-electron chi connectivity index (χ4n) is 2.62. The second-order valence-electron chi connectivity index (χ2n) is 5.23. The Morgan fingerprint density at radius 3 is 2.88 bits per heavy atom. The van der Waals surface area contributed by atoms with Crippen LogP contribution in [0.4, 0.5) is 0 Å². The first-order valence-electron chi connectivity index (χ1n) is 5.79. The molecule has 1 atom stereocenters. The van der Waals surface area contributed by atoms with Crippen molar-refractivity contribution in [3.05, 3.63) is 33.8 Å². The third-order valence-electron chi connectivity index (χ3n) is 3.62. The van der Waals surface area contributed by atoms with Crippen molar-refractivity contribution < 1.29 is 4.79 Å². The summed E-state index contributed by atoms with van der Waals surface area (Å²) < 4.78 is 1.11. The lowest BCUT2D eigenvalue weighted by atomic mass is 9.69. The Labute approximate surface area is 105 Å². The summed E-state index contributed by atoms with van der Waals surface area (Å²) in [6.07, 6.45) is 4.56. The van der Waals surface area contributed by atoms with Gasteiger partial charge in [0.05, 0.1) is 0 Å². The Hall–Kier alpha value is -0.630. The molecular formula is C14H17BrO. The quantitative estimate of drug-likeness (QED) is 0.746. The molecule has 0 fully saturated rings. The van der Waals surface area contributed by atoms with Crippen LogP contribution in [0.15, 0.2) is 22.7 Å². The lowest BCUT2D eigenvalue weighted by Crippen LogP contribution is -2.27. The molecule has 0 N–H and O–H groups in total. The van der Waals surface area contributed by atoms with E-state index in [0.717, 1.165) is 23.6 Å². The third-order valence-corrected chi connectivity index (χ3v) is 4.12. The molecule has 1 aromatic rings. The van der Waals surface area contributed by atoms with Crippen LogP contribution in [0.1, 0.15) is 43.7 Å². The Morgan fingerprint density at radius 1 is 1.44 bits per heavy atom. The third kappa shape index (κ3) is 2.08. The van der Waals surface area contributed by atoms with Gasteiger partial charge >= 0.3 is 0 Å². The zero-order chi connectivity index (χ0) is 11.8. The van der Waals surface area contributed by atoms with Gasteiger partial charge in [0.15, 0.2) is 0 Å². The van der Waals surface area contributed by atoms with Gasteiger partial charge in [0.1, 0.15) is 6.29 Å². The maximum atomic E-state index is 11.2. The van der Waals surface area contributed by atoms with Crippen molar-refractivity contribution in [3.8, 4) is 0 Å². The molecule has 1 aliphatic rings. The molecule has 1 nitrogen and oxygen atoms in total. The van der Waals surface area contributed by atoms with E-state index in [4.69, 9.17) is 0 Å². The highest BCUT2D eigenvalue weighted by molar-refractivity contribution is 9.10. The van der Waals surface area contributed by atoms with Gasteiger partial charge in [-0.05, 0) is 48.4 Å². The van der Waals surface area contributed by atoms with Crippen molar-refractivity contribution in [2.45, 2.75) is 39.0 Å². The van der Waals surface area contributed by atoms with E-state index in [1.54, 1.807) is 0 Å². The molecule has 86 valence electrons. The number of fused-ring (bicyclic) bond motifs is 1. The van der Waals surface area contributed by atoms with Gasteiger partial charge in [0, 0.05) is 9.89 Å². The molecule has 0 saturated heterocycles. The van der Waals surface area contributed by atoms with Crippen molar-refractivity contribution in [2.75, 3.05) is 0 Å². The Balaban J connectivity index is 2.46. The predicted molar refractivity (Wildman–Crippen MR) is 69.7 cm³/mol. The summed E-state index contributed by atoms with van der Waals surface area (Å²) in [4.78, 5) is 11.2. The van der Waals surface area contributed by atoms with Crippen LogP contribution >= 0.6 is 15.9 Å². The first-order valence-corrected chi connectivity index (χ1v) is 6.58. The average Bonchev–Trinajstić information content (AvgIpc) is 2.28. The summed E-state index contributed by atoms with van der Waals surface area (Å²) in [6.45, 7) is 4.08. The second-order valence-corrected chi connectivity index (χ2v) is 6.14. The zero-order valence-electron chi connectivity index (χ0n) is 9.79. The number of aryl methyl sites for hydroxylation is 1. The molecule has 0 heterocycles. The lowest BCUT2D eigenvalue weighted by molar-refractivity contribution is -0.115. The maximum Gasteiger partial charge on any atom is 0.126 e. The van der Waals surface area contributed by atoms with Crippen molar-refractivity contribution in [1.29, 1.82) is 0 Å². The topological polar surface area (TPSA) is 17.1 Å². The Kier molecular flexibility index (Phi) is 3.20. The first kappa shape index (κ1) is 11.8. The number of halogens is 1. The number of benzene rings is 1. The van der Waals surface area contributed by atoms with Crippen LogP contribution in [0.3, 0.4) is 0 Å². The number of hydrogen-bond acceptors (Lipinski definition) is 1. The van der Waals surface area contributed by atoms with E-state index in [-0.39, 0.29) is 5.41 Å². The van der Waals surface area contributed by atoms with E-state index >= 15 is 0 Å². The highest BCUT2D eigenvalue weighted by Crippen LogP contribution is 2.43. The highest BCUT2D eigenvalue weighted by atomic mass is 79.9. The molecule has 2 heteroatoms. The minimum atomic E-state index is -0.254. The second kappa shape index (κ2) is 4.33. The molecule has 1 aromatic carbocycles. The van der Waals surface area contributed by atoms with Gasteiger partial charge < -0.3 is 4.79 Å². The molecule has 0 aromatic heterocycles. The van der Waals surface area contributed by atoms with Crippen molar-refractivity contribution in [3.63, 3.8) is 0 Å². The summed E-state index contributed by atoms with van der Waals surface area (Å²) in [7, 11) is 0. The van der Waals surface area contributed by atoms with Crippen molar-refractivity contribution >= 4 is 22.2 Å². The smallest absolute Gasteiger partial charge is 0.126 e. The number of hydrogen-bond donors (Lipinski definition) is 0. The maximum absolute atomic E-state index is 11.2. The van der Waals surface area contributed by atoms with Gasteiger partial charge in [0.25, 0.3) is 0 Å². The molecular weight excluding hydrogens is 264 g/mol. The van der Waals surface area contributed by atoms with Crippen LogP contribution in [0, 0.1) is 5.41 Å². The van der Waals surface area contributed by atoms with Gasteiger partial charge in [0.2, 0.25) is 0 Å². The molecule has 0 radical (unpaired) electrons. The zero-order valence-corrected chi connectivity index (χ0v) is 11.4. The molecule has 0 aliphatic heterocycles. The number of aldehydes is 1. The van der Waals surface area contributed by atoms with E-state index in [2.05, 4.69) is 34.1 Å². The molecule has 0 saturated carbocycles. The number of rotatable bonds is 2. The van der Waals surface area contributed by atoms with E-state index in [1.165, 1.54) is 17.5 Å². The van der Waals surface area contributed by atoms with E-state index in [0.29, 0.717) is 5.92 Å². The van der Waals surface area contributed by atoms with Crippen molar-refractivity contribution in [2.24, 2.45) is 5.41 Å². The van der Waals surface area contributed by atoms with Crippen LogP contribution in [0.2, 0.25) is 0 Å². The largest absolute Gasteiger partial charge is 0.303 e. The van der Waals surface area contributed by atoms with Crippen molar-refractivity contribution in [1.82, 2.24) is 0 Å².